The molecule has 1 saturated heterocycles. The molecule has 1 fully saturated rings. The van der Waals surface area contributed by atoms with Crippen molar-refractivity contribution in [3.63, 3.8) is 0 Å². The molecule has 2 atom stereocenters. The fourth-order valence-electron chi connectivity index (χ4n) is 3.33. The molecule has 1 aromatic rings. The average Bonchev–Trinajstić information content (AvgIpc) is 2.99. The summed E-state index contributed by atoms with van der Waals surface area (Å²) in [5.74, 6) is -0.307. The summed E-state index contributed by atoms with van der Waals surface area (Å²) in [4.78, 5) is 11.2. The lowest BCUT2D eigenvalue weighted by Gasteiger charge is -2.18. The molecule has 0 radical (unpaired) electrons. The number of hydrogen-bond acceptors (Lipinski definition) is 4. The maximum absolute atomic E-state index is 13.0. The number of rotatable bonds is 4. The van der Waals surface area contributed by atoms with E-state index in [-0.39, 0.29) is 10.5 Å². The van der Waals surface area contributed by atoms with Crippen LogP contribution in [0.3, 0.4) is 0 Å². The highest BCUT2D eigenvalue weighted by Gasteiger charge is 2.40. The quantitative estimate of drug-likeness (QED) is 0.849. The fraction of sp³-hybridized carbons (Fsp3) is 0.438. The van der Waals surface area contributed by atoms with Crippen molar-refractivity contribution in [2.24, 2.45) is 11.8 Å². The molecule has 2 aliphatic rings. The molecule has 1 aromatic carbocycles. The van der Waals surface area contributed by atoms with Gasteiger partial charge in [0.1, 0.15) is 10.6 Å². The maximum Gasteiger partial charge on any atom is 0.337 e. The highest BCUT2D eigenvalue weighted by molar-refractivity contribution is 7.89. The molecule has 23 heavy (non-hydrogen) atoms. The van der Waals surface area contributed by atoms with Gasteiger partial charge in [0.15, 0.2) is 0 Å². The van der Waals surface area contributed by atoms with Crippen LogP contribution in [0.4, 0.5) is 0 Å². The van der Waals surface area contributed by atoms with E-state index in [9.17, 15) is 18.3 Å². The highest BCUT2D eigenvalue weighted by atomic mass is 32.2. The van der Waals surface area contributed by atoms with Crippen LogP contribution in [0.25, 0.3) is 0 Å². The minimum absolute atomic E-state index is 0.198. The van der Waals surface area contributed by atoms with E-state index in [4.69, 9.17) is 4.74 Å². The van der Waals surface area contributed by atoms with Gasteiger partial charge in [-0.1, -0.05) is 12.2 Å². The fourth-order valence-corrected chi connectivity index (χ4v) is 5.08. The van der Waals surface area contributed by atoms with Crippen LogP contribution in [0.1, 0.15) is 23.2 Å². The van der Waals surface area contributed by atoms with Gasteiger partial charge in [0.2, 0.25) is 10.0 Å². The Labute approximate surface area is 135 Å². The van der Waals surface area contributed by atoms with Gasteiger partial charge >= 0.3 is 5.97 Å². The van der Waals surface area contributed by atoms with Crippen LogP contribution in [0.5, 0.6) is 5.75 Å². The molecule has 0 unspecified atom stereocenters. The van der Waals surface area contributed by atoms with Gasteiger partial charge in [0.05, 0.1) is 12.7 Å². The third kappa shape index (κ3) is 2.86. The highest BCUT2D eigenvalue weighted by Crippen LogP contribution is 2.36. The van der Waals surface area contributed by atoms with Crippen LogP contribution in [0, 0.1) is 11.8 Å². The Bertz CT molecular complexity index is 740. The Kier molecular flexibility index (Phi) is 4.16. The number of ether oxygens (including phenoxy) is 1. The number of hydrogen-bond donors (Lipinski definition) is 1. The van der Waals surface area contributed by atoms with Crippen molar-refractivity contribution in [3.05, 3.63) is 35.9 Å². The first-order valence-corrected chi connectivity index (χ1v) is 8.94. The molecule has 0 aromatic heterocycles. The number of fused-ring (bicyclic) bond motifs is 1. The average molecular weight is 337 g/mol. The van der Waals surface area contributed by atoms with E-state index in [2.05, 4.69) is 12.2 Å². The molecular weight excluding hydrogens is 318 g/mol. The summed E-state index contributed by atoms with van der Waals surface area (Å²) in [6, 6.07) is 4.02. The third-order valence-electron chi connectivity index (χ3n) is 4.62. The number of aromatic carboxylic acids is 1. The lowest BCUT2D eigenvalue weighted by atomic mass is 9.86. The number of allylic oxidation sites excluding steroid dienone is 2. The zero-order chi connectivity index (χ0) is 16.6. The summed E-state index contributed by atoms with van der Waals surface area (Å²) in [6.07, 6.45) is 5.93. The van der Waals surface area contributed by atoms with Crippen LogP contribution in [0.2, 0.25) is 0 Å². The lowest BCUT2D eigenvalue weighted by Crippen LogP contribution is -2.30. The first-order chi connectivity index (χ1) is 10.9. The van der Waals surface area contributed by atoms with Gasteiger partial charge in [-0.3, -0.25) is 0 Å². The number of benzene rings is 1. The second kappa shape index (κ2) is 5.98. The van der Waals surface area contributed by atoms with Crippen molar-refractivity contribution in [2.45, 2.75) is 17.7 Å². The Morgan fingerprint density at radius 3 is 2.35 bits per heavy atom. The molecule has 1 aliphatic heterocycles. The van der Waals surface area contributed by atoms with E-state index in [0.717, 1.165) is 12.8 Å². The summed E-state index contributed by atoms with van der Waals surface area (Å²) in [7, 11) is -2.44. The van der Waals surface area contributed by atoms with Crippen LogP contribution in [-0.4, -0.2) is 44.0 Å². The van der Waals surface area contributed by atoms with Gasteiger partial charge in [-0.25, -0.2) is 13.2 Å². The van der Waals surface area contributed by atoms with Gasteiger partial charge in [-0.15, -0.1) is 0 Å². The van der Waals surface area contributed by atoms with Gasteiger partial charge in [0, 0.05) is 19.2 Å². The van der Waals surface area contributed by atoms with Crippen molar-refractivity contribution in [1.29, 1.82) is 0 Å². The standard InChI is InChI=1S/C16H19NO5S/c1-22-13-6-7-14(16(18)19)15(8-13)23(20,21)17-9-11-4-2-3-5-12(11)10-17/h2-3,6-8,11-12H,4-5,9-10H2,1H3,(H,18,19)/t11-,12+. The van der Waals surface area contributed by atoms with E-state index in [0.29, 0.717) is 30.7 Å². The Morgan fingerprint density at radius 2 is 1.83 bits per heavy atom. The van der Waals surface area contributed by atoms with E-state index >= 15 is 0 Å². The zero-order valence-electron chi connectivity index (χ0n) is 12.8. The molecule has 6 nitrogen and oxygen atoms in total. The molecule has 0 saturated carbocycles. The first-order valence-electron chi connectivity index (χ1n) is 7.50. The first kappa shape index (κ1) is 16.0. The topological polar surface area (TPSA) is 83.9 Å². The summed E-state index contributed by atoms with van der Waals surface area (Å²) >= 11 is 0. The molecule has 0 amide bonds. The lowest BCUT2D eigenvalue weighted by molar-refractivity contribution is 0.0692. The predicted molar refractivity (Wildman–Crippen MR) is 84.1 cm³/mol. The third-order valence-corrected chi connectivity index (χ3v) is 6.50. The SMILES string of the molecule is COc1ccc(C(=O)O)c(S(=O)(=O)N2C[C@H]3CC=CC[C@H]3C2)c1. The predicted octanol–water partition coefficient (Wildman–Crippen LogP) is 1.98. The second-order valence-electron chi connectivity index (χ2n) is 5.95. The van der Waals surface area contributed by atoms with Crippen molar-refractivity contribution < 1.29 is 23.1 Å². The van der Waals surface area contributed by atoms with E-state index in [1.165, 1.54) is 29.6 Å². The normalized spacial score (nSPS) is 24.4. The van der Waals surface area contributed by atoms with Crippen molar-refractivity contribution in [3.8, 4) is 5.75 Å². The molecule has 1 N–H and O–H groups in total. The Balaban J connectivity index is 1.98. The minimum atomic E-state index is -3.86. The van der Waals surface area contributed by atoms with E-state index < -0.39 is 16.0 Å². The maximum atomic E-state index is 13.0. The number of methoxy groups -OCH3 is 1. The Hall–Kier alpha value is -1.86. The molecular formula is C16H19NO5S. The number of sulfonamides is 1. The van der Waals surface area contributed by atoms with Crippen LogP contribution < -0.4 is 4.74 Å². The molecule has 0 spiro atoms. The van der Waals surface area contributed by atoms with Crippen molar-refractivity contribution in [2.75, 3.05) is 20.2 Å². The van der Waals surface area contributed by atoms with Crippen LogP contribution in [-0.2, 0) is 10.0 Å². The summed E-state index contributed by atoms with van der Waals surface area (Å²) < 4.78 is 32.4. The number of carboxylic acids is 1. The molecule has 7 heteroatoms. The van der Waals surface area contributed by atoms with Gasteiger partial charge in [-0.2, -0.15) is 4.31 Å². The molecule has 1 aliphatic carbocycles. The molecule has 3 rings (SSSR count). The summed E-state index contributed by atoms with van der Waals surface area (Å²) in [5, 5.41) is 9.31. The molecule has 124 valence electrons. The molecule has 1 heterocycles. The van der Waals surface area contributed by atoms with Crippen molar-refractivity contribution >= 4 is 16.0 Å². The van der Waals surface area contributed by atoms with E-state index in [1.54, 1.807) is 0 Å². The molecule has 0 bridgehead atoms. The number of carbonyl (C=O) groups is 1. The number of carboxylic acid groups (broad SMARTS) is 1. The van der Waals surface area contributed by atoms with Crippen LogP contribution >= 0.6 is 0 Å². The van der Waals surface area contributed by atoms with Crippen LogP contribution in [0.15, 0.2) is 35.2 Å². The van der Waals surface area contributed by atoms with Crippen molar-refractivity contribution in [1.82, 2.24) is 4.31 Å². The summed E-state index contributed by atoms with van der Waals surface area (Å²) in [5.41, 5.74) is -0.223. The second-order valence-corrected chi connectivity index (χ2v) is 7.86. The smallest absolute Gasteiger partial charge is 0.337 e. The van der Waals surface area contributed by atoms with Gasteiger partial charge in [0.25, 0.3) is 0 Å². The Morgan fingerprint density at radius 1 is 1.22 bits per heavy atom. The minimum Gasteiger partial charge on any atom is -0.497 e. The monoisotopic (exact) mass is 337 g/mol. The number of nitrogens with zero attached hydrogens (tertiary/aromatic N) is 1. The van der Waals surface area contributed by atoms with E-state index in [1.807, 2.05) is 0 Å². The largest absolute Gasteiger partial charge is 0.497 e. The summed E-state index contributed by atoms with van der Waals surface area (Å²) in [6.45, 7) is 0.876. The van der Waals surface area contributed by atoms with Gasteiger partial charge in [-0.05, 0) is 36.8 Å². The van der Waals surface area contributed by atoms with Gasteiger partial charge < -0.3 is 9.84 Å². The zero-order valence-corrected chi connectivity index (χ0v) is 13.6.